The molecule has 0 unspecified atom stereocenters. The lowest BCUT2D eigenvalue weighted by atomic mass is 9.97. The molecule has 31 heavy (non-hydrogen) atoms. The van der Waals surface area contributed by atoms with Crippen LogP contribution in [0.25, 0.3) is 0 Å². The number of amides is 1. The summed E-state index contributed by atoms with van der Waals surface area (Å²) in [6.07, 6.45) is -4.89. The summed E-state index contributed by atoms with van der Waals surface area (Å²) in [7, 11) is 0. The second kappa shape index (κ2) is 8.33. The molecule has 8 nitrogen and oxygen atoms in total. The fourth-order valence-corrected chi connectivity index (χ4v) is 3.83. The number of carboxylic acids is 1. The number of ether oxygens (including phenoxy) is 4. The van der Waals surface area contributed by atoms with E-state index in [0.29, 0.717) is 0 Å². The van der Waals surface area contributed by atoms with Crippen LogP contribution in [0.5, 0.6) is 0 Å². The monoisotopic (exact) mass is 443 g/mol. The van der Waals surface area contributed by atoms with Crippen molar-refractivity contribution in [3.8, 4) is 0 Å². The number of carbonyl (C=O) groups is 2. The molecular weight excluding hydrogens is 416 g/mol. The molecule has 10 heteroatoms. The van der Waals surface area contributed by atoms with Crippen LogP contribution in [-0.4, -0.2) is 52.9 Å². The molecule has 2 fully saturated rings. The van der Waals surface area contributed by atoms with Crippen molar-refractivity contribution in [1.29, 1.82) is 0 Å². The molecule has 1 aromatic carbocycles. The summed E-state index contributed by atoms with van der Waals surface area (Å²) in [6.45, 7) is 8.34. The third-order valence-electron chi connectivity index (χ3n) is 4.85. The number of benzene rings is 1. The van der Waals surface area contributed by atoms with Gasteiger partial charge in [-0.15, -0.1) is 0 Å². The van der Waals surface area contributed by atoms with E-state index >= 15 is 0 Å². The zero-order valence-electron chi connectivity index (χ0n) is 18.0. The maximum atomic E-state index is 14.5. The molecule has 2 heterocycles. The molecule has 0 aromatic heterocycles. The Kier molecular flexibility index (Phi) is 6.28. The smallest absolute Gasteiger partial charge is 0.407 e. The van der Waals surface area contributed by atoms with Crippen LogP contribution < -0.4 is 5.32 Å². The normalized spacial score (nSPS) is 28.1. The van der Waals surface area contributed by atoms with Crippen molar-refractivity contribution in [2.24, 2.45) is 0 Å². The molecule has 172 valence electrons. The fraction of sp³-hybridized carbons (Fsp3) is 0.619. The van der Waals surface area contributed by atoms with E-state index in [1.165, 1.54) is 6.07 Å². The Morgan fingerprint density at radius 1 is 1.23 bits per heavy atom. The van der Waals surface area contributed by atoms with Crippen molar-refractivity contribution in [2.75, 3.05) is 0 Å². The van der Waals surface area contributed by atoms with Gasteiger partial charge in [0.15, 0.2) is 5.79 Å². The van der Waals surface area contributed by atoms with Crippen LogP contribution in [0.1, 0.15) is 52.7 Å². The number of hydrogen-bond acceptors (Lipinski definition) is 6. The van der Waals surface area contributed by atoms with Crippen molar-refractivity contribution in [3.05, 3.63) is 35.4 Å². The Bertz CT molecular complexity index is 855. The Labute approximate surface area is 178 Å². The van der Waals surface area contributed by atoms with Crippen LogP contribution >= 0.6 is 0 Å². The first-order chi connectivity index (χ1) is 14.3. The van der Waals surface area contributed by atoms with E-state index in [4.69, 9.17) is 18.9 Å². The second-order valence-corrected chi connectivity index (χ2v) is 9.10. The maximum Gasteiger partial charge on any atom is 0.407 e. The molecule has 0 aliphatic carbocycles. The van der Waals surface area contributed by atoms with Gasteiger partial charge in [-0.1, -0.05) is 6.07 Å². The molecule has 1 aromatic rings. The number of fused-ring (bicyclic) bond motifs is 1. The van der Waals surface area contributed by atoms with Gasteiger partial charge in [0.25, 0.3) is 0 Å². The zero-order valence-corrected chi connectivity index (χ0v) is 18.0. The van der Waals surface area contributed by atoms with E-state index in [2.05, 4.69) is 5.32 Å². The SMILES string of the molecule is CC(C)(C)OC(=O)N[C@@H](CC(=O)O)[C@H]1O[C@@H](c2ccc(F)cc2F)[C@H]2OC(C)(C)O[C@@H]12. The number of rotatable bonds is 5. The highest BCUT2D eigenvalue weighted by Crippen LogP contribution is 2.46. The molecule has 2 saturated heterocycles. The molecule has 2 aliphatic rings. The summed E-state index contributed by atoms with van der Waals surface area (Å²) in [5, 5.41) is 11.9. The average molecular weight is 443 g/mol. The predicted molar refractivity (Wildman–Crippen MR) is 103 cm³/mol. The lowest BCUT2D eigenvalue weighted by Crippen LogP contribution is -2.50. The van der Waals surface area contributed by atoms with Gasteiger partial charge in [-0.3, -0.25) is 4.79 Å². The molecule has 0 saturated carbocycles. The fourth-order valence-electron chi connectivity index (χ4n) is 3.83. The first-order valence-corrected chi connectivity index (χ1v) is 9.93. The maximum absolute atomic E-state index is 14.5. The number of hydrogen-bond donors (Lipinski definition) is 2. The number of aliphatic carboxylic acids is 1. The van der Waals surface area contributed by atoms with Gasteiger partial charge < -0.3 is 29.4 Å². The minimum absolute atomic E-state index is 0.0477. The van der Waals surface area contributed by atoms with Crippen molar-refractivity contribution in [2.45, 2.75) is 82.9 Å². The van der Waals surface area contributed by atoms with Gasteiger partial charge in [-0.05, 0) is 40.7 Å². The van der Waals surface area contributed by atoms with Crippen LogP contribution in [-0.2, 0) is 23.7 Å². The van der Waals surface area contributed by atoms with Crippen molar-refractivity contribution in [1.82, 2.24) is 5.32 Å². The summed E-state index contributed by atoms with van der Waals surface area (Å²) in [6, 6.07) is 2.02. The number of carboxylic acid groups (broad SMARTS) is 1. The van der Waals surface area contributed by atoms with Crippen LogP contribution in [0.3, 0.4) is 0 Å². The van der Waals surface area contributed by atoms with Gasteiger partial charge in [0.05, 0.1) is 12.5 Å². The average Bonchev–Trinajstić information content (AvgIpc) is 3.05. The molecule has 0 bridgehead atoms. The summed E-state index contributed by atoms with van der Waals surface area (Å²) < 4.78 is 50.9. The summed E-state index contributed by atoms with van der Waals surface area (Å²) in [4.78, 5) is 23.8. The van der Waals surface area contributed by atoms with Crippen molar-refractivity contribution < 1.29 is 42.4 Å². The number of carbonyl (C=O) groups excluding carboxylic acids is 1. The van der Waals surface area contributed by atoms with Crippen molar-refractivity contribution in [3.63, 3.8) is 0 Å². The lowest BCUT2D eigenvalue weighted by molar-refractivity contribution is -0.191. The Balaban J connectivity index is 1.91. The van der Waals surface area contributed by atoms with Crippen LogP contribution in [0.15, 0.2) is 18.2 Å². The third-order valence-corrected chi connectivity index (χ3v) is 4.85. The first kappa shape index (κ1) is 23.4. The minimum Gasteiger partial charge on any atom is -0.481 e. The van der Waals surface area contributed by atoms with Gasteiger partial charge in [0, 0.05) is 11.6 Å². The standard InChI is InChI=1S/C21H27F2NO7/c1-20(2,3)31-19(27)24-13(9-14(25)26)16-18-17(29-21(4,5)30-18)15(28-16)11-7-6-10(22)8-12(11)23/h6-8,13,15-18H,9H2,1-5H3,(H,24,27)(H,25,26)/t13-,15-,16+,17+,18-/m0/s1. The van der Waals surface area contributed by atoms with E-state index in [0.717, 1.165) is 12.1 Å². The molecule has 2 N–H and O–H groups in total. The molecule has 5 atom stereocenters. The predicted octanol–water partition coefficient (Wildman–Crippen LogP) is 3.29. The van der Waals surface area contributed by atoms with Gasteiger partial charge >= 0.3 is 12.1 Å². The lowest BCUT2D eigenvalue weighted by Gasteiger charge is -2.30. The Morgan fingerprint density at radius 2 is 1.87 bits per heavy atom. The number of alkyl carbamates (subject to hydrolysis) is 1. The minimum atomic E-state index is -1.18. The van der Waals surface area contributed by atoms with Gasteiger partial charge in [-0.25, -0.2) is 13.6 Å². The van der Waals surface area contributed by atoms with E-state index in [1.807, 2.05) is 0 Å². The van der Waals surface area contributed by atoms with Crippen LogP contribution in [0, 0.1) is 11.6 Å². The van der Waals surface area contributed by atoms with Gasteiger partial charge in [-0.2, -0.15) is 0 Å². The quantitative estimate of drug-likeness (QED) is 0.720. The largest absolute Gasteiger partial charge is 0.481 e. The Hall–Kier alpha value is -2.30. The number of nitrogens with one attached hydrogen (secondary N) is 1. The van der Waals surface area contributed by atoms with Crippen molar-refractivity contribution >= 4 is 12.1 Å². The highest BCUT2D eigenvalue weighted by atomic mass is 19.1. The molecule has 2 aliphatic heterocycles. The third kappa shape index (κ3) is 5.50. The number of halogens is 2. The van der Waals surface area contributed by atoms with E-state index in [-0.39, 0.29) is 5.56 Å². The molecule has 0 radical (unpaired) electrons. The van der Waals surface area contributed by atoms with Gasteiger partial charge in [0.2, 0.25) is 0 Å². The highest BCUT2D eigenvalue weighted by Gasteiger charge is 2.58. The van der Waals surface area contributed by atoms with Crippen LogP contribution in [0.2, 0.25) is 0 Å². The van der Waals surface area contributed by atoms with Crippen LogP contribution in [0.4, 0.5) is 13.6 Å². The topological polar surface area (TPSA) is 103 Å². The molecule has 3 rings (SSSR count). The first-order valence-electron chi connectivity index (χ1n) is 9.93. The van der Waals surface area contributed by atoms with Gasteiger partial charge in [0.1, 0.15) is 41.7 Å². The van der Waals surface area contributed by atoms with E-state index in [1.54, 1.807) is 34.6 Å². The summed E-state index contributed by atoms with van der Waals surface area (Å²) in [5.41, 5.74) is -0.752. The van der Waals surface area contributed by atoms with E-state index in [9.17, 15) is 23.5 Å². The Morgan fingerprint density at radius 3 is 2.45 bits per heavy atom. The zero-order chi connectivity index (χ0) is 23.1. The summed E-state index contributed by atoms with van der Waals surface area (Å²) >= 11 is 0. The second-order valence-electron chi connectivity index (χ2n) is 9.10. The van der Waals surface area contributed by atoms with E-state index < -0.39 is 72.0 Å². The molecule has 1 amide bonds. The molecule has 0 spiro atoms. The molecular formula is C21H27F2NO7. The highest BCUT2D eigenvalue weighted by molar-refractivity contribution is 5.71. The summed E-state index contributed by atoms with van der Waals surface area (Å²) in [5.74, 6) is -3.80.